The van der Waals surface area contributed by atoms with Gasteiger partial charge in [-0.2, -0.15) is 9.97 Å². The molecule has 5 heteroatoms. The average molecular weight is 642 g/mol. The van der Waals surface area contributed by atoms with Gasteiger partial charge in [0.25, 0.3) is 0 Å². The molecule has 0 spiro atoms. The van der Waals surface area contributed by atoms with E-state index < -0.39 is 0 Å². The number of benzene rings is 7. The summed E-state index contributed by atoms with van der Waals surface area (Å²) in [5, 5.41) is 2.27. The Balaban J connectivity index is 1.21. The summed E-state index contributed by atoms with van der Waals surface area (Å²) in [6, 6.07) is 65.1. The van der Waals surface area contributed by atoms with E-state index in [0.717, 1.165) is 61.1 Å². The summed E-state index contributed by atoms with van der Waals surface area (Å²) >= 11 is 0. The van der Waals surface area contributed by atoms with E-state index in [1.165, 1.54) is 0 Å². The fourth-order valence-electron chi connectivity index (χ4n) is 6.69. The van der Waals surface area contributed by atoms with E-state index in [0.29, 0.717) is 17.6 Å². The molecule has 50 heavy (non-hydrogen) atoms. The van der Waals surface area contributed by atoms with E-state index >= 15 is 0 Å². The van der Waals surface area contributed by atoms with E-state index in [4.69, 9.17) is 15.0 Å². The highest BCUT2D eigenvalue weighted by Crippen LogP contribution is 2.38. The van der Waals surface area contributed by atoms with Crippen LogP contribution >= 0.6 is 0 Å². The molecule has 0 unspecified atom stereocenters. The fourth-order valence-corrected chi connectivity index (χ4v) is 6.69. The number of fused-ring (bicyclic) bond motifs is 3. The number of hydrogen-bond acceptors (Lipinski definition) is 4. The Kier molecular flexibility index (Phi) is 7.41. The van der Waals surface area contributed by atoms with Gasteiger partial charge >= 0.3 is 0 Å². The van der Waals surface area contributed by atoms with E-state index in [2.05, 4.69) is 137 Å². The molecular weight excluding hydrogens is 611 g/mol. The van der Waals surface area contributed by atoms with E-state index in [1.54, 1.807) is 0 Å². The fraction of sp³-hybridized carbons (Fsp3) is 0. The molecule has 0 atom stereocenters. The molecule has 0 N–H and O–H groups in total. The van der Waals surface area contributed by atoms with Gasteiger partial charge in [-0.3, -0.25) is 4.57 Å². The van der Waals surface area contributed by atoms with Crippen LogP contribution in [0.25, 0.3) is 61.7 Å². The largest absolute Gasteiger partial charge is 0.310 e. The first-order valence-electron chi connectivity index (χ1n) is 16.7. The number of para-hydroxylation sites is 3. The van der Waals surface area contributed by atoms with Gasteiger partial charge in [0.05, 0.1) is 11.0 Å². The average Bonchev–Trinajstić information content (AvgIpc) is 3.53. The summed E-state index contributed by atoms with van der Waals surface area (Å²) in [4.78, 5) is 17.4. The Labute approximate surface area is 290 Å². The van der Waals surface area contributed by atoms with Crippen LogP contribution in [0.5, 0.6) is 0 Å². The highest BCUT2D eigenvalue weighted by molar-refractivity contribution is 6.10. The molecule has 0 aliphatic rings. The molecule has 236 valence electrons. The van der Waals surface area contributed by atoms with Gasteiger partial charge in [0.2, 0.25) is 5.95 Å². The van der Waals surface area contributed by atoms with Crippen molar-refractivity contribution in [3.8, 4) is 39.9 Å². The van der Waals surface area contributed by atoms with Crippen molar-refractivity contribution in [2.45, 2.75) is 0 Å². The van der Waals surface area contributed by atoms with Gasteiger partial charge in [-0.05, 0) is 65.7 Å². The quantitative estimate of drug-likeness (QED) is 0.174. The number of hydrogen-bond donors (Lipinski definition) is 0. The van der Waals surface area contributed by atoms with Crippen molar-refractivity contribution in [1.82, 2.24) is 19.5 Å². The number of nitrogens with zero attached hydrogens (tertiary/aromatic N) is 5. The van der Waals surface area contributed by atoms with Crippen LogP contribution in [0.1, 0.15) is 0 Å². The summed E-state index contributed by atoms with van der Waals surface area (Å²) in [5.41, 5.74) is 9.53. The minimum Gasteiger partial charge on any atom is -0.310 e. The van der Waals surface area contributed by atoms with Gasteiger partial charge in [0, 0.05) is 39.0 Å². The Morgan fingerprint density at radius 2 is 0.820 bits per heavy atom. The van der Waals surface area contributed by atoms with Crippen molar-refractivity contribution in [3.05, 3.63) is 188 Å². The maximum Gasteiger partial charge on any atom is 0.238 e. The Morgan fingerprint density at radius 3 is 1.44 bits per heavy atom. The molecule has 7 aromatic carbocycles. The van der Waals surface area contributed by atoms with Crippen LogP contribution in [0.4, 0.5) is 17.1 Å². The highest BCUT2D eigenvalue weighted by atomic mass is 15.2. The molecule has 0 saturated heterocycles. The number of rotatable bonds is 7. The van der Waals surface area contributed by atoms with Crippen LogP contribution in [0, 0.1) is 0 Å². The Morgan fingerprint density at radius 1 is 0.340 bits per heavy atom. The normalized spacial score (nSPS) is 11.2. The maximum atomic E-state index is 5.08. The first kappa shape index (κ1) is 29.3. The zero-order chi connectivity index (χ0) is 33.3. The molecule has 0 radical (unpaired) electrons. The molecule has 2 heterocycles. The van der Waals surface area contributed by atoms with Crippen molar-refractivity contribution in [3.63, 3.8) is 0 Å². The van der Waals surface area contributed by atoms with Gasteiger partial charge in [-0.25, -0.2) is 4.98 Å². The lowest BCUT2D eigenvalue weighted by molar-refractivity contribution is 0.953. The monoisotopic (exact) mass is 641 g/mol. The van der Waals surface area contributed by atoms with E-state index in [-0.39, 0.29) is 0 Å². The van der Waals surface area contributed by atoms with Crippen LogP contribution in [0.3, 0.4) is 0 Å². The van der Waals surface area contributed by atoms with Crippen molar-refractivity contribution in [1.29, 1.82) is 0 Å². The standard InChI is InChI=1S/C45H31N5/c1-5-16-32(17-6-1)43-46-44(33-18-7-2-8-19-33)48-45(47-43)50-41-27-14-13-26-39(41)40-31-35(28-29-42(40)50)34-20-15-25-38(30-34)49(36-21-9-3-10-22-36)37-23-11-4-12-24-37/h1-31H. The van der Waals surface area contributed by atoms with Gasteiger partial charge in [-0.1, -0.05) is 133 Å². The maximum absolute atomic E-state index is 5.08. The molecule has 0 fully saturated rings. The predicted octanol–water partition coefficient (Wildman–Crippen LogP) is 11.4. The Bertz CT molecular complexity index is 2480. The summed E-state index contributed by atoms with van der Waals surface area (Å²) < 4.78 is 2.16. The third-order valence-electron chi connectivity index (χ3n) is 9.03. The van der Waals surface area contributed by atoms with Gasteiger partial charge in [-0.15, -0.1) is 0 Å². The molecule has 0 aliphatic carbocycles. The molecule has 0 aliphatic heterocycles. The van der Waals surface area contributed by atoms with Crippen molar-refractivity contribution in [2.24, 2.45) is 0 Å². The van der Waals surface area contributed by atoms with E-state index in [1.807, 2.05) is 60.7 Å². The molecule has 0 bridgehead atoms. The molecule has 0 amide bonds. The molecule has 2 aromatic heterocycles. The lowest BCUT2D eigenvalue weighted by Crippen LogP contribution is -2.09. The Hall–Kier alpha value is -6.85. The second-order valence-corrected chi connectivity index (χ2v) is 12.2. The topological polar surface area (TPSA) is 46.8 Å². The molecular formula is C45H31N5. The summed E-state index contributed by atoms with van der Waals surface area (Å²) in [7, 11) is 0. The van der Waals surface area contributed by atoms with Crippen LogP contribution < -0.4 is 4.90 Å². The summed E-state index contributed by atoms with van der Waals surface area (Å²) in [6.07, 6.45) is 0. The first-order chi connectivity index (χ1) is 24.8. The van der Waals surface area contributed by atoms with E-state index in [9.17, 15) is 0 Å². The molecule has 5 nitrogen and oxygen atoms in total. The zero-order valence-corrected chi connectivity index (χ0v) is 27.1. The van der Waals surface area contributed by atoms with Gasteiger partial charge in [0.1, 0.15) is 0 Å². The predicted molar refractivity (Wildman–Crippen MR) is 205 cm³/mol. The zero-order valence-electron chi connectivity index (χ0n) is 27.1. The van der Waals surface area contributed by atoms with Crippen LogP contribution in [-0.2, 0) is 0 Å². The van der Waals surface area contributed by atoms with Crippen molar-refractivity contribution >= 4 is 38.9 Å². The van der Waals surface area contributed by atoms with Crippen LogP contribution in [0.15, 0.2) is 188 Å². The lowest BCUT2D eigenvalue weighted by atomic mass is 10.0. The number of anilines is 3. The third-order valence-corrected chi connectivity index (χ3v) is 9.03. The van der Waals surface area contributed by atoms with Crippen molar-refractivity contribution in [2.75, 3.05) is 4.90 Å². The molecule has 9 aromatic rings. The minimum atomic E-state index is 0.583. The molecule has 0 saturated carbocycles. The van der Waals surface area contributed by atoms with Crippen molar-refractivity contribution < 1.29 is 0 Å². The number of aromatic nitrogens is 4. The van der Waals surface area contributed by atoms with Gasteiger partial charge < -0.3 is 4.90 Å². The second-order valence-electron chi connectivity index (χ2n) is 12.2. The second kappa shape index (κ2) is 12.6. The van der Waals surface area contributed by atoms with Crippen LogP contribution in [0.2, 0.25) is 0 Å². The first-order valence-corrected chi connectivity index (χ1v) is 16.7. The summed E-state index contributed by atoms with van der Waals surface area (Å²) in [6.45, 7) is 0. The smallest absolute Gasteiger partial charge is 0.238 e. The third kappa shape index (κ3) is 5.37. The highest BCUT2D eigenvalue weighted by Gasteiger charge is 2.19. The van der Waals surface area contributed by atoms with Crippen LogP contribution in [-0.4, -0.2) is 19.5 Å². The summed E-state index contributed by atoms with van der Waals surface area (Å²) in [5.74, 6) is 1.85. The SMILES string of the molecule is c1ccc(-c2nc(-c3ccccc3)nc(-n3c4ccccc4c4cc(-c5cccc(N(c6ccccc6)c6ccccc6)c5)ccc43)n2)cc1. The lowest BCUT2D eigenvalue weighted by Gasteiger charge is -2.25. The minimum absolute atomic E-state index is 0.583. The van der Waals surface area contributed by atoms with Gasteiger partial charge in [0.15, 0.2) is 11.6 Å². The molecule has 9 rings (SSSR count).